The van der Waals surface area contributed by atoms with Gasteiger partial charge in [-0.1, -0.05) is 0 Å². The fourth-order valence-electron chi connectivity index (χ4n) is 3.56. The zero-order valence-electron chi connectivity index (χ0n) is 15.1. The van der Waals surface area contributed by atoms with E-state index in [0.29, 0.717) is 5.92 Å². The van der Waals surface area contributed by atoms with Crippen molar-refractivity contribution < 1.29 is 4.74 Å². The molecule has 1 aliphatic rings. The summed E-state index contributed by atoms with van der Waals surface area (Å²) in [6.07, 6.45) is 6.15. The third-order valence-electron chi connectivity index (χ3n) is 4.95. The lowest BCUT2D eigenvalue weighted by molar-refractivity contribution is 0.127. The van der Waals surface area contributed by atoms with E-state index < -0.39 is 0 Å². The molecule has 2 aromatic heterocycles. The number of hydrogen-bond acceptors (Lipinski definition) is 5. The molecule has 130 valence electrons. The first kappa shape index (κ1) is 17.0. The molecule has 1 fully saturated rings. The summed E-state index contributed by atoms with van der Waals surface area (Å²) >= 11 is 0. The number of aromatic nitrogens is 4. The number of ether oxygens (including phenoxy) is 1. The van der Waals surface area contributed by atoms with E-state index >= 15 is 0 Å². The van der Waals surface area contributed by atoms with Gasteiger partial charge in [-0.25, -0.2) is 4.98 Å². The Balaban J connectivity index is 1.82. The lowest BCUT2D eigenvalue weighted by atomic mass is 9.95. The molecule has 1 unspecified atom stereocenters. The monoisotopic (exact) mass is 329 g/mol. The molecule has 0 bridgehead atoms. The van der Waals surface area contributed by atoms with Gasteiger partial charge in [0.1, 0.15) is 0 Å². The summed E-state index contributed by atoms with van der Waals surface area (Å²) in [5, 5.41) is 4.50. The molecule has 0 aromatic carbocycles. The predicted molar refractivity (Wildman–Crippen MR) is 94.0 cm³/mol. The van der Waals surface area contributed by atoms with Crippen molar-refractivity contribution in [2.45, 2.75) is 32.6 Å². The van der Waals surface area contributed by atoms with Gasteiger partial charge in [-0.15, -0.1) is 0 Å². The highest BCUT2D eigenvalue weighted by molar-refractivity contribution is 5.64. The average molecular weight is 329 g/mol. The van der Waals surface area contributed by atoms with Crippen molar-refractivity contribution >= 4 is 0 Å². The number of aryl methyl sites for hydroxylation is 2. The first-order valence-corrected chi connectivity index (χ1v) is 8.64. The second kappa shape index (κ2) is 7.40. The van der Waals surface area contributed by atoms with Crippen LogP contribution in [0.1, 0.15) is 35.8 Å². The van der Waals surface area contributed by atoms with E-state index in [0.717, 1.165) is 54.6 Å². The molecule has 3 rings (SSSR count). The third kappa shape index (κ3) is 3.49. The van der Waals surface area contributed by atoms with Gasteiger partial charge in [0.05, 0.1) is 29.9 Å². The first-order chi connectivity index (χ1) is 11.6. The Labute approximate surface area is 143 Å². The molecule has 6 nitrogen and oxygen atoms in total. The second-order valence-electron chi connectivity index (χ2n) is 6.63. The van der Waals surface area contributed by atoms with Crippen LogP contribution >= 0.6 is 0 Å². The highest BCUT2D eigenvalue weighted by Crippen LogP contribution is 2.29. The van der Waals surface area contributed by atoms with Crippen LogP contribution in [-0.4, -0.2) is 58.0 Å². The normalized spacial score (nSPS) is 18.9. The Morgan fingerprint density at radius 3 is 2.83 bits per heavy atom. The number of likely N-dealkylation sites (tertiary alicyclic amines) is 1. The lowest BCUT2D eigenvalue weighted by Gasteiger charge is -2.32. The molecule has 24 heavy (non-hydrogen) atoms. The Kier molecular flexibility index (Phi) is 5.26. The van der Waals surface area contributed by atoms with E-state index in [-0.39, 0.29) is 0 Å². The van der Waals surface area contributed by atoms with Crippen molar-refractivity contribution in [3.63, 3.8) is 0 Å². The maximum atomic E-state index is 5.21. The maximum Gasteiger partial charge on any atom is 0.0925 e. The van der Waals surface area contributed by atoms with E-state index in [9.17, 15) is 0 Å². The molecule has 0 aliphatic carbocycles. The molecule has 0 radical (unpaired) electrons. The molecule has 1 aliphatic heterocycles. The van der Waals surface area contributed by atoms with Gasteiger partial charge in [0.25, 0.3) is 0 Å². The molecule has 0 saturated carbocycles. The predicted octanol–water partition coefficient (Wildman–Crippen LogP) is 2.32. The standard InChI is InChI=1S/C18H27N5O/c1-13-18(14(2)22(3)21-13)17-11-19-10-16(20-17)15-6-5-7-23(12-15)8-9-24-4/h10-11,15H,5-9,12H2,1-4H3. The van der Waals surface area contributed by atoms with Gasteiger partial charge in [-0.3, -0.25) is 9.67 Å². The molecular weight excluding hydrogens is 302 g/mol. The van der Waals surface area contributed by atoms with Crippen LogP contribution in [0.25, 0.3) is 11.3 Å². The Hall–Kier alpha value is -1.79. The van der Waals surface area contributed by atoms with Crippen LogP contribution in [0.15, 0.2) is 12.4 Å². The number of piperidine rings is 1. The summed E-state index contributed by atoms with van der Waals surface area (Å²) in [5.41, 5.74) is 5.27. The fraction of sp³-hybridized carbons (Fsp3) is 0.611. The molecule has 1 saturated heterocycles. The zero-order chi connectivity index (χ0) is 17.1. The first-order valence-electron chi connectivity index (χ1n) is 8.64. The zero-order valence-corrected chi connectivity index (χ0v) is 15.1. The van der Waals surface area contributed by atoms with Crippen molar-refractivity contribution in [3.8, 4) is 11.3 Å². The largest absolute Gasteiger partial charge is 0.383 e. The SMILES string of the molecule is COCCN1CCCC(c2cncc(-c3c(C)nn(C)c3C)n2)C1. The van der Waals surface area contributed by atoms with Crippen molar-refractivity contribution in [3.05, 3.63) is 29.5 Å². The van der Waals surface area contributed by atoms with E-state index in [1.807, 2.05) is 31.0 Å². The van der Waals surface area contributed by atoms with E-state index in [1.165, 1.54) is 12.8 Å². The number of rotatable bonds is 5. The van der Waals surface area contributed by atoms with Crippen LogP contribution in [0, 0.1) is 13.8 Å². The van der Waals surface area contributed by atoms with Gasteiger partial charge in [-0.2, -0.15) is 5.10 Å². The molecule has 3 heterocycles. The van der Waals surface area contributed by atoms with Crippen molar-refractivity contribution in [2.75, 3.05) is 33.4 Å². The minimum Gasteiger partial charge on any atom is -0.383 e. The van der Waals surface area contributed by atoms with Gasteiger partial charge >= 0.3 is 0 Å². The Morgan fingerprint density at radius 2 is 2.12 bits per heavy atom. The van der Waals surface area contributed by atoms with Crippen molar-refractivity contribution in [1.29, 1.82) is 0 Å². The average Bonchev–Trinajstić information content (AvgIpc) is 2.85. The number of hydrogen-bond donors (Lipinski definition) is 0. The molecular formula is C18H27N5O. The summed E-state index contributed by atoms with van der Waals surface area (Å²) < 4.78 is 7.12. The maximum absolute atomic E-state index is 5.21. The van der Waals surface area contributed by atoms with E-state index in [1.54, 1.807) is 7.11 Å². The summed E-state index contributed by atoms with van der Waals surface area (Å²) in [6, 6.07) is 0. The topological polar surface area (TPSA) is 56.1 Å². The molecule has 6 heteroatoms. The van der Waals surface area contributed by atoms with Crippen molar-refractivity contribution in [1.82, 2.24) is 24.6 Å². The number of methoxy groups -OCH3 is 1. The molecule has 2 aromatic rings. The highest BCUT2D eigenvalue weighted by atomic mass is 16.5. The van der Waals surface area contributed by atoms with Crippen LogP contribution in [-0.2, 0) is 11.8 Å². The fourth-order valence-corrected chi connectivity index (χ4v) is 3.56. The third-order valence-corrected chi connectivity index (χ3v) is 4.95. The van der Waals surface area contributed by atoms with E-state index in [2.05, 4.69) is 21.9 Å². The summed E-state index contributed by atoms with van der Waals surface area (Å²) in [4.78, 5) is 11.9. The smallest absolute Gasteiger partial charge is 0.0925 e. The van der Waals surface area contributed by atoms with Crippen LogP contribution in [0.5, 0.6) is 0 Å². The molecule has 1 atom stereocenters. The quantitative estimate of drug-likeness (QED) is 0.842. The summed E-state index contributed by atoms with van der Waals surface area (Å²) in [5.74, 6) is 0.445. The molecule has 0 amide bonds. The summed E-state index contributed by atoms with van der Waals surface area (Å²) in [6.45, 7) is 8.06. The lowest BCUT2D eigenvalue weighted by Crippen LogP contribution is -2.36. The minimum absolute atomic E-state index is 0.445. The van der Waals surface area contributed by atoms with Gasteiger partial charge in [0, 0.05) is 50.6 Å². The van der Waals surface area contributed by atoms with Crippen LogP contribution < -0.4 is 0 Å². The van der Waals surface area contributed by atoms with Gasteiger partial charge in [0.2, 0.25) is 0 Å². The van der Waals surface area contributed by atoms with Crippen LogP contribution in [0.2, 0.25) is 0 Å². The van der Waals surface area contributed by atoms with Crippen LogP contribution in [0.3, 0.4) is 0 Å². The highest BCUT2D eigenvalue weighted by Gasteiger charge is 2.23. The summed E-state index contributed by atoms with van der Waals surface area (Å²) in [7, 11) is 3.73. The van der Waals surface area contributed by atoms with Crippen molar-refractivity contribution in [2.24, 2.45) is 7.05 Å². The Morgan fingerprint density at radius 1 is 1.29 bits per heavy atom. The Bertz CT molecular complexity index is 697. The van der Waals surface area contributed by atoms with Gasteiger partial charge < -0.3 is 9.64 Å². The minimum atomic E-state index is 0.445. The molecule has 0 spiro atoms. The van der Waals surface area contributed by atoms with Gasteiger partial charge in [-0.05, 0) is 33.2 Å². The van der Waals surface area contributed by atoms with E-state index in [4.69, 9.17) is 9.72 Å². The number of nitrogens with zero attached hydrogens (tertiary/aromatic N) is 5. The molecule has 0 N–H and O–H groups in total. The second-order valence-corrected chi connectivity index (χ2v) is 6.63. The van der Waals surface area contributed by atoms with Crippen LogP contribution in [0.4, 0.5) is 0 Å². The van der Waals surface area contributed by atoms with Gasteiger partial charge in [0.15, 0.2) is 0 Å².